The van der Waals surface area contributed by atoms with E-state index >= 15 is 0 Å². The molecule has 0 bridgehead atoms. The number of benzene rings is 3. The summed E-state index contributed by atoms with van der Waals surface area (Å²) in [6.07, 6.45) is 4.52. The van der Waals surface area contributed by atoms with E-state index < -0.39 is 4.92 Å². The number of hydrogen-bond acceptors (Lipinski definition) is 2. The van der Waals surface area contributed by atoms with Gasteiger partial charge in [0.05, 0.1) is 4.92 Å². The van der Waals surface area contributed by atoms with Crippen molar-refractivity contribution in [2.75, 3.05) is 0 Å². The van der Waals surface area contributed by atoms with Crippen LogP contribution < -0.4 is 0 Å². The van der Waals surface area contributed by atoms with Crippen molar-refractivity contribution in [2.45, 2.75) is 6.54 Å². The third-order valence-corrected chi connectivity index (χ3v) is 4.36. The van der Waals surface area contributed by atoms with E-state index in [1.165, 1.54) is 16.3 Å². The van der Waals surface area contributed by atoms with Crippen LogP contribution in [0.5, 0.6) is 0 Å². The number of fused-ring (bicyclic) bond motifs is 2. The topological polar surface area (TPSA) is 48.1 Å². The summed E-state index contributed by atoms with van der Waals surface area (Å²) >= 11 is 0. The average Bonchev–Trinajstić information content (AvgIpc) is 2.98. The summed E-state index contributed by atoms with van der Waals surface area (Å²) in [5.74, 6) is 0. The molecule has 0 atom stereocenters. The number of nitrogens with zero attached hydrogens (tertiary/aromatic N) is 2. The molecule has 3 aromatic carbocycles. The van der Waals surface area contributed by atoms with Crippen LogP contribution in [0.3, 0.4) is 0 Å². The van der Waals surface area contributed by atoms with Gasteiger partial charge >= 0.3 is 0 Å². The molecule has 0 fully saturated rings. The van der Waals surface area contributed by atoms with Gasteiger partial charge in [0.25, 0.3) is 0 Å². The van der Waals surface area contributed by atoms with E-state index in [9.17, 15) is 10.1 Å². The molecular weight excluding hydrogens is 312 g/mol. The van der Waals surface area contributed by atoms with Crippen molar-refractivity contribution in [3.8, 4) is 0 Å². The van der Waals surface area contributed by atoms with Crippen molar-refractivity contribution in [3.05, 3.63) is 100 Å². The molecule has 0 saturated heterocycles. The zero-order valence-electron chi connectivity index (χ0n) is 13.5. The Balaban J connectivity index is 1.76. The molecule has 4 rings (SSSR count). The SMILES string of the molecule is O=[N+]([O-])/C=C/c1cn(Cc2ccc3ccccc3c2)c2ccccc12. The highest BCUT2D eigenvalue weighted by Crippen LogP contribution is 2.24. The quantitative estimate of drug-likeness (QED) is 0.387. The van der Waals surface area contributed by atoms with Gasteiger partial charge in [-0.1, -0.05) is 54.6 Å². The fourth-order valence-corrected chi connectivity index (χ4v) is 3.21. The highest BCUT2D eigenvalue weighted by Gasteiger charge is 2.08. The second kappa shape index (κ2) is 6.24. The third-order valence-electron chi connectivity index (χ3n) is 4.36. The van der Waals surface area contributed by atoms with Gasteiger partial charge in [-0.05, 0) is 28.5 Å². The Bertz CT molecular complexity index is 1110. The molecule has 4 aromatic rings. The molecule has 0 aliphatic heterocycles. The molecule has 0 amide bonds. The maximum atomic E-state index is 10.6. The Kier molecular flexibility index (Phi) is 3.78. The predicted octanol–water partition coefficient (Wildman–Crippen LogP) is 5.09. The van der Waals surface area contributed by atoms with Crippen molar-refractivity contribution < 1.29 is 4.92 Å². The maximum absolute atomic E-state index is 10.6. The number of aromatic nitrogens is 1. The lowest BCUT2D eigenvalue weighted by Crippen LogP contribution is -1.97. The molecule has 0 saturated carbocycles. The summed E-state index contributed by atoms with van der Waals surface area (Å²) < 4.78 is 2.14. The lowest BCUT2D eigenvalue weighted by atomic mass is 10.1. The number of rotatable bonds is 4. The lowest BCUT2D eigenvalue weighted by molar-refractivity contribution is -0.400. The first-order valence-corrected chi connectivity index (χ1v) is 8.08. The third kappa shape index (κ3) is 3.02. The minimum absolute atomic E-state index is 0.435. The van der Waals surface area contributed by atoms with Crippen molar-refractivity contribution in [2.24, 2.45) is 0 Å². The van der Waals surface area contributed by atoms with Crippen LogP contribution in [-0.4, -0.2) is 9.49 Å². The summed E-state index contributed by atoms with van der Waals surface area (Å²) in [6.45, 7) is 0.720. The summed E-state index contributed by atoms with van der Waals surface area (Å²) in [4.78, 5) is 10.2. The minimum Gasteiger partial charge on any atom is -0.342 e. The van der Waals surface area contributed by atoms with E-state index in [4.69, 9.17) is 0 Å². The van der Waals surface area contributed by atoms with Gasteiger partial charge in [0, 0.05) is 35.3 Å². The Morgan fingerprint density at radius 2 is 1.72 bits per heavy atom. The molecule has 4 heteroatoms. The van der Waals surface area contributed by atoms with Crippen molar-refractivity contribution >= 4 is 27.8 Å². The van der Waals surface area contributed by atoms with Gasteiger partial charge in [0.15, 0.2) is 0 Å². The second-order valence-electron chi connectivity index (χ2n) is 6.01. The first kappa shape index (κ1) is 15.1. The smallest absolute Gasteiger partial charge is 0.235 e. The van der Waals surface area contributed by atoms with Crippen LogP contribution in [0.1, 0.15) is 11.1 Å². The first-order valence-electron chi connectivity index (χ1n) is 8.08. The largest absolute Gasteiger partial charge is 0.342 e. The maximum Gasteiger partial charge on any atom is 0.235 e. The van der Waals surface area contributed by atoms with Gasteiger partial charge in [-0.25, -0.2) is 0 Å². The van der Waals surface area contributed by atoms with E-state index in [0.29, 0.717) is 0 Å². The molecule has 0 spiro atoms. The second-order valence-corrected chi connectivity index (χ2v) is 6.01. The Morgan fingerprint density at radius 3 is 2.56 bits per heavy atom. The summed E-state index contributed by atoms with van der Waals surface area (Å²) in [5.41, 5.74) is 3.12. The Labute approximate surface area is 144 Å². The molecule has 0 aliphatic carbocycles. The molecule has 122 valence electrons. The molecule has 25 heavy (non-hydrogen) atoms. The molecule has 0 radical (unpaired) electrons. The summed E-state index contributed by atoms with van der Waals surface area (Å²) in [6, 6.07) is 22.7. The van der Waals surface area contributed by atoms with Gasteiger partial charge in [-0.2, -0.15) is 0 Å². The molecule has 1 heterocycles. The van der Waals surface area contributed by atoms with E-state index in [1.807, 2.05) is 42.6 Å². The van der Waals surface area contributed by atoms with Gasteiger partial charge < -0.3 is 4.57 Å². The zero-order chi connectivity index (χ0) is 17.2. The van der Waals surface area contributed by atoms with Crippen LogP contribution in [0, 0.1) is 10.1 Å². The van der Waals surface area contributed by atoms with Crippen LogP contribution in [0.15, 0.2) is 79.1 Å². The molecule has 0 unspecified atom stereocenters. The highest BCUT2D eigenvalue weighted by molar-refractivity contribution is 5.89. The Hall–Kier alpha value is -3.40. The van der Waals surface area contributed by atoms with E-state index in [2.05, 4.69) is 34.9 Å². The van der Waals surface area contributed by atoms with Gasteiger partial charge in [-0.15, -0.1) is 0 Å². The highest BCUT2D eigenvalue weighted by atomic mass is 16.6. The monoisotopic (exact) mass is 328 g/mol. The summed E-state index contributed by atoms with van der Waals surface area (Å²) in [5, 5.41) is 14.1. The standard InChI is InChI=1S/C21H16N2O2/c24-23(25)12-11-19-15-22(21-8-4-3-7-20(19)21)14-16-9-10-17-5-1-2-6-18(17)13-16/h1-13,15H,14H2/b12-11+. The number of hydrogen-bond donors (Lipinski definition) is 0. The van der Waals surface area contributed by atoms with Crippen LogP contribution >= 0.6 is 0 Å². The number of para-hydroxylation sites is 1. The van der Waals surface area contributed by atoms with Gasteiger partial charge in [-0.3, -0.25) is 10.1 Å². The normalized spacial score (nSPS) is 11.5. The Morgan fingerprint density at radius 1 is 0.960 bits per heavy atom. The van der Waals surface area contributed by atoms with Crippen LogP contribution in [-0.2, 0) is 6.54 Å². The van der Waals surface area contributed by atoms with Gasteiger partial charge in [0.1, 0.15) is 0 Å². The lowest BCUT2D eigenvalue weighted by Gasteiger charge is -2.07. The van der Waals surface area contributed by atoms with E-state index in [-0.39, 0.29) is 0 Å². The fraction of sp³-hybridized carbons (Fsp3) is 0.0476. The molecule has 4 nitrogen and oxygen atoms in total. The average molecular weight is 328 g/mol. The van der Waals surface area contributed by atoms with Crippen LogP contribution in [0.2, 0.25) is 0 Å². The zero-order valence-corrected chi connectivity index (χ0v) is 13.5. The molecule has 0 aliphatic rings. The molecule has 1 aromatic heterocycles. The minimum atomic E-state index is -0.435. The van der Waals surface area contributed by atoms with Crippen LogP contribution in [0.25, 0.3) is 27.8 Å². The summed E-state index contributed by atoms with van der Waals surface area (Å²) in [7, 11) is 0. The van der Waals surface area contributed by atoms with Crippen molar-refractivity contribution in [1.29, 1.82) is 0 Å². The van der Waals surface area contributed by atoms with E-state index in [1.54, 1.807) is 6.08 Å². The molecule has 0 N–H and O–H groups in total. The van der Waals surface area contributed by atoms with E-state index in [0.717, 1.165) is 29.2 Å². The molecular formula is C21H16N2O2. The van der Waals surface area contributed by atoms with Gasteiger partial charge in [0.2, 0.25) is 6.20 Å². The predicted molar refractivity (Wildman–Crippen MR) is 101 cm³/mol. The fourth-order valence-electron chi connectivity index (χ4n) is 3.21. The van der Waals surface area contributed by atoms with Crippen LogP contribution in [0.4, 0.5) is 0 Å². The first-order chi connectivity index (χ1) is 12.2. The van der Waals surface area contributed by atoms with Crippen molar-refractivity contribution in [3.63, 3.8) is 0 Å². The van der Waals surface area contributed by atoms with Crippen molar-refractivity contribution in [1.82, 2.24) is 4.57 Å². The number of nitro groups is 1.